The summed E-state index contributed by atoms with van der Waals surface area (Å²) in [6.45, 7) is -0.0136. The van der Waals surface area contributed by atoms with Gasteiger partial charge in [-0.3, -0.25) is 0 Å². The number of halogens is 4. The van der Waals surface area contributed by atoms with Crippen molar-refractivity contribution in [1.29, 1.82) is 0 Å². The predicted octanol–water partition coefficient (Wildman–Crippen LogP) is 4.68. The first kappa shape index (κ1) is 13.4. The maximum atomic E-state index is 12.6. The fourth-order valence-corrected chi connectivity index (χ4v) is 1.37. The first-order valence-corrected chi connectivity index (χ1v) is 4.87. The molecule has 0 fully saturated rings. The van der Waals surface area contributed by atoms with Crippen LogP contribution in [0.2, 0.25) is 5.02 Å². The summed E-state index contributed by atoms with van der Waals surface area (Å²) in [5.41, 5.74) is 7.18. The molecule has 0 spiro atoms. The Kier molecular flexibility index (Phi) is 4.43. The number of hydrogen-bond acceptors (Lipinski definition) is 1. The molecule has 17 heavy (non-hydrogen) atoms. The predicted molar refractivity (Wildman–Crippen MR) is 59.5 cm³/mol. The van der Waals surface area contributed by atoms with E-state index in [-0.39, 0.29) is 17.1 Å². The third kappa shape index (κ3) is 4.01. The molecule has 0 amide bonds. The van der Waals surface area contributed by atoms with E-state index >= 15 is 0 Å². The van der Waals surface area contributed by atoms with Crippen LogP contribution in [0.1, 0.15) is 11.1 Å². The summed E-state index contributed by atoms with van der Waals surface area (Å²) in [6, 6.07) is 3.29. The summed E-state index contributed by atoms with van der Waals surface area (Å²) >= 11 is 5.62. The van der Waals surface area contributed by atoms with Crippen LogP contribution in [0.25, 0.3) is 16.5 Å². The average molecular weight is 262 g/mol. The maximum absolute atomic E-state index is 12.6. The van der Waals surface area contributed by atoms with Gasteiger partial charge in [0.15, 0.2) is 0 Å². The van der Waals surface area contributed by atoms with Gasteiger partial charge in [0.2, 0.25) is 0 Å². The van der Waals surface area contributed by atoms with Crippen molar-refractivity contribution in [2.75, 3.05) is 6.54 Å². The van der Waals surface area contributed by atoms with E-state index in [1.807, 2.05) is 0 Å². The van der Waals surface area contributed by atoms with Gasteiger partial charge in [-0.05, 0) is 29.3 Å². The fourth-order valence-electron chi connectivity index (χ4n) is 1.19. The largest absolute Gasteiger partial charge is 0.416 e. The van der Waals surface area contributed by atoms with Gasteiger partial charge >= 0.3 is 6.18 Å². The Morgan fingerprint density at radius 3 is 2.71 bits per heavy atom. The van der Waals surface area contributed by atoms with Gasteiger partial charge in [0, 0.05) is 16.5 Å². The average Bonchev–Trinajstić information content (AvgIpc) is 2.23. The monoisotopic (exact) mass is 261 g/mol. The van der Waals surface area contributed by atoms with Gasteiger partial charge in [-0.2, -0.15) is 13.2 Å². The van der Waals surface area contributed by atoms with Gasteiger partial charge in [-0.15, -0.1) is 0 Å². The molecule has 0 saturated carbocycles. The Morgan fingerprint density at radius 1 is 1.41 bits per heavy atom. The lowest BCUT2D eigenvalue weighted by Crippen LogP contribution is -2.07. The van der Waals surface area contributed by atoms with Gasteiger partial charge in [0.05, 0.1) is 5.56 Å². The topological polar surface area (TPSA) is 48.8 Å². The second-order valence-electron chi connectivity index (χ2n) is 3.05. The van der Waals surface area contributed by atoms with Crippen LogP contribution < -0.4 is 0 Å². The smallest absolute Gasteiger partial charge is 0.166 e. The molecule has 1 aromatic rings. The molecule has 0 aliphatic heterocycles. The van der Waals surface area contributed by atoms with Crippen molar-refractivity contribution in [1.82, 2.24) is 0 Å². The van der Waals surface area contributed by atoms with Crippen LogP contribution >= 0.6 is 11.6 Å². The van der Waals surface area contributed by atoms with E-state index < -0.39 is 11.7 Å². The summed E-state index contributed by atoms with van der Waals surface area (Å²) in [4.78, 5) is 2.48. The van der Waals surface area contributed by atoms with Gasteiger partial charge in [-0.25, -0.2) is 0 Å². The van der Waals surface area contributed by atoms with Crippen LogP contribution in [0, 0.1) is 0 Å². The SMILES string of the molecule is [N-]=[N+]=NCC=Cc1cc(Cl)ccc1C(F)(F)F. The molecule has 0 bridgehead atoms. The molecule has 0 unspecified atom stereocenters. The van der Waals surface area contributed by atoms with Gasteiger partial charge in [0.1, 0.15) is 0 Å². The van der Waals surface area contributed by atoms with Gasteiger partial charge in [0.25, 0.3) is 0 Å². The van der Waals surface area contributed by atoms with Crippen LogP contribution in [0.5, 0.6) is 0 Å². The van der Waals surface area contributed by atoms with E-state index in [0.29, 0.717) is 0 Å². The van der Waals surface area contributed by atoms with E-state index in [4.69, 9.17) is 17.1 Å². The highest BCUT2D eigenvalue weighted by molar-refractivity contribution is 6.30. The molecule has 0 heterocycles. The number of nitrogens with zero attached hydrogens (tertiary/aromatic N) is 3. The molecular formula is C10H7ClF3N3. The Balaban J connectivity index is 3.07. The zero-order chi connectivity index (χ0) is 12.9. The summed E-state index contributed by atoms with van der Waals surface area (Å²) < 4.78 is 37.8. The lowest BCUT2D eigenvalue weighted by Gasteiger charge is -2.10. The molecule has 0 aromatic heterocycles. The van der Waals surface area contributed by atoms with Crippen LogP contribution in [0.4, 0.5) is 13.2 Å². The minimum atomic E-state index is -4.44. The van der Waals surface area contributed by atoms with Crippen LogP contribution in [0.15, 0.2) is 29.4 Å². The molecule has 7 heteroatoms. The fraction of sp³-hybridized carbons (Fsp3) is 0.200. The molecule has 1 aromatic carbocycles. The molecule has 0 radical (unpaired) electrons. The maximum Gasteiger partial charge on any atom is 0.416 e. The molecule has 90 valence electrons. The third-order valence-electron chi connectivity index (χ3n) is 1.87. The second-order valence-corrected chi connectivity index (χ2v) is 3.48. The number of hydrogen-bond donors (Lipinski definition) is 0. The first-order chi connectivity index (χ1) is 7.95. The molecule has 0 aliphatic rings. The Labute approximate surface area is 100 Å². The highest BCUT2D eigenvalue weighted by Crippen LogP contribution is 2.33. The zero-order valence-electron chi connectivity index (χ0n) is 8.45. The van der Waals surface area contributed by atoms with Crippen LogP contribution in [0.3, 0.4) is 0 Å². The van der Waals surface area contributed by atoms with Crippen molar-refractivity contribution in [2.24, 2.45) is 5.11 Å². The first-order valence-electron chi connectivity index (χ1n) is 4.49. The molecule has 0 aliphatic carbocycles. The zero-order valence-corrected chi connectivity index (χ0v) is 9.20. The highest BCUT2D eigenvalue weighted by atomic mass is 35.5. The van der Waals surface area contributed by atoms with E-state index in [9.17, 15) is 13.2 Å². The number of benzene rings is 1. The lowest BCUT2D eigenvalue weighted by atomic mass is 10.1. The van der Waals surface area contributed by atoms with Crippen molar-refractivity contribution in [3.05, 3.63) is 50.9 Å². The Morgan fingerprint density at radius 2 is 2.12 bits per heavy atom. The number of alkyl halides is 3. The normalized spacial score (nSPS) is 11.5. The van der Waals surface area contributed by atoms with Crippen molar-refractivity contribution in [2.45, 2.75) is 6.18 Å². The molecule has 3 nitrogen and oxygen atoms in total. The van der Waals surface area contributed by atoms with E-state index in [0.717, 1.165) is 6.07 Å². The summed E-state index contributed by atoms with van der Waals surface area (Å²) in [5, 5.41) is 3.39. The Bertz CT molecular complexity index is 476. The third-order valence-corrected chi connectivity index (χ3v) is 2.10. The molecule has 0 atom stereocenters. The van der Waals surface area contributed by atoms with Crippen molar-refractivity contribution in [3.63, 3.8) is 0 Å². The summed E-state index contributed by atoms with van der Waals surface area (Å²) in [5.74, 6) is 0. The van der Waals surface area contributed by atoms with E-state index in [1.165, 1.54) is 24.3 Å². The second kappa shape index (κ2) is 5.61. The quantitative estimate of drug-likeness (QED) is 0.431. The van der Waals surface area contributed by atoms with Gasteiger partial charge < -0.3 is 0 Å². The Hall–Kier alpha value is -1.65. The number of rotatable bonds is 3. The highest BCUT2D eigenvalue weighted by Gasteiger charge is 2.32. The van der Waals surface area contributed by atoms with Crippen molar-refractivity contribution < 1.29 is 13.2 Å². The van der Waals surface area contributed by atoms with E-state index in [1.54, 1.807) is 0 Å². The van der Waals surface area contributed by atoms with Crippen molar-refractivity contribution in [3.8, 4) is 0 Å². The minimum absolute atomic E-state index is 0.0136. The summed E-state index contributed by atoms with van der Waals surface area (Å²) in [6.07, 6.45) is -1.88. The van der Waals surface area contributed by atoms with Crippen molar-refractivity contribution >= 4 is 17.7 Å². The molecule has 0 N–H and O–H groups in total. The number of azide groups is 1. The van der Waals surface area contributed by atoms with Crippen LogP contribution in [-0.4, -0.2) is 6.54 Å². The lowest BCUT2D eigenvalue weighted by molar-refractivity contribution is -0.137. The van der Waals surface area contributed by atoms with E-state index in [2.05, 4.69) is 10.0 Å². The summed E-state index contributed by atoms with van der Waals surface area (Å²) in [7, 11) is 0. The van der Waals surface area contributed by atoms with Gasteiger partial charge in [-0.1, -0.05) is 28.9 Å². The standard InChI is InChI=1S/C10H7ClF3N3/c11-8-3-4-9(10(12,13)14)7(6-8)2-1-5-16-17-15/h1-4,6H,5H2. The molecular weight excluding hydrogens is 255 g/mol. The molecule has 1 rings (SSSR count). The van der Waals surface area contributed by atoms with Crippen LogP contribution in [-0.2, 0) is 6.18 Å². The minimum Gasteiger partial charge on any atom is -0.166 e. The molecule has 0 saturated heterocycles.